The summed E-state index contributed by atoms with van der Waals surface area (Å²) >= 11 is 0. The van der Waals surface area contributed by atoms with Crippen LogP contribution in [0.1, 0.15) is 46.9 Å². The monoisotopic (exact) mass is 354 g/mol. The Morgan fingerprint density at radius 3 is 1.27 bits per heavy atom. The molecular weight excluding hydrogens is 332 g/mol. The van der Waals surface area contributed by atoms with Gasteiger partial charge in [-0.05, 0) is 25.0 Å². The molecule has 0 aliphatic carbocycles. The van der Waals surface area contributed by atoms with Gasteiger partial charge in [-0.25, -0.2) is 0 Å². The summed E-state index contributed by atoms with van der Waals surface area (Å²) in [6.45, 7) is 3.79. The fourth-order valence-corrected chi connectivity index (χ4v) is 2.83. The number of carboxylic acid groups (broad SMARTS) is 2. The Kier molecular flexibility index (Phi) is 6.28. The Labute approximate surface area is 152 Å². The van der Waals surface area contributed by atoms with Gasteiger partial charge in [0, 0.05) is 12.8 Å². The number of Topliss-reactive ketones (excluding diaryl/α,β-unsaturated/α-hetero) is 1. The van der Waals surface area contributed by atoms with Crippen LogP contribution in [0.5, 0.6) is 0 Å². The Morgan fingerprint density at radius 1 is 0.692 bits per heavy atom. The first kappa shape index (κ1) is 19.4. The van der Waals surface area contributed by atoms with Crippen LogP contribution in [0.2, 0.25) is 0 Å². The topological polar surface area (TPSA) is 91.7 Å². The van der Waals surface area contributed by atoms with Crippen molar-refractivity contribution >= 4 is 17.7 Å². The van der Waals surface area contributed by atoms with Gasteiger partial charge >= 0.3 is 11.9 Å². The minimum absolute atomic E-state index is 0.228. The van der Waals surface area contributed by atoms with Crippen LogP contribution >= 0.6 is 0 Å². The van der Waals surface area contributed by atoms with Gasteiger partial charge in [-0.3, -0.25) is 14.4 Å². The van der Waals surface area contributed by atoms with Gasteiger partial charge in [0.15, 0.2) is 0 Å². The second-order valence-electron chi connectivity index (χ2n) is 6.55. The summed E-state index contributed by atoms with van der Waals surface area (Å²) in [4.78, 5) is 35.6. The fraction of sp³-hybridized carbons (Fsp3) is 0.286. The molecule has 26 heavy (non-hydrogen) atoms. The maximum Gasteiger partial charge on any atom is 0.311 e. The van der Waals surface area contributed by atoms with Crippen molar-refractivity contribution in [1.29, 1.82) is 0 Å². The van der Waals surface area contributed by atoms with E-state index in [9.17, 15) is 24.6 Å². The molecule has 5 nitrogen and oxygen atoms in total. The van der Waals surface area contributed by atoms with Crippen molar-refractivity contribution in [2.24, 2.45) is 0 Å². The number of aliphatic carboxylic acids is 2. The number of benzene rings is 2. The van der Waals surface area contributed by atoms with E-state index in [2.05, 4.69) is 0 Å². The van der Waals surface area contributed by atoms with Crippen LogP contribution in [0.3, 0.4) is 0 Å². The molecule has 2 aromatic rings. The van der Waals surface area contributed by atoms with E-state index < -0.39 is 23.8 Å². The molecule has 2 N–H and O–H groups in total. The van der Waals surface area contributed by atoms with Crippen molar-refractivity contribution in [2.75, 3.05) is 0 Å². The molecule has 0 spiro atoms. The molecule has 0 radical (unpaired) electrons. The van der Waals surface area contributed by atoms with E-state index in [4.69, 9.17) is 0 Å². The lowest BCUT2D eigenvalue weighted by Crippen LogP contribution is -2.20. The quantitative estimate of drug-likeness (QED) is 0.754. The highest BCUT2D eigenvalue weighted by Gasteiger charge is 2.28. The lowest BCUT2D eigenvalue weighted by molar-refractivity contribution is -0.141. The molecule has 2 unspecified atom stereocenters. The zero-order chi connectivity index (χ0) is 19.3. The normalized spacial score (nSPS) is 13.0. The van der Waals surface area contributed by atoms with Crippen LogP contribution in [-0.2, 0) is 14.4 Å². The molecule has 136 valence electrons. The largest absolute Gasteiger partial charge is 0.481 e. The van der Waals surface area contributed by atoms with Gasteiger partial charge in [0.25, 0.3) is 0 Å². The summed E-state index contributed by atoms with van der Waals surface area (Å²) in [5.74, 6) is -4.52. The second-order valence-corrected chi connectivity index (χ2v) is 6.55. The third-order valence-corrected chi connectivity index (χ3v) is 4.42. The average molecular weight is 354 g/mol. The molecule has 0 fully saturated rings. The van der Waals surface area contributed by atoms with E-state index in [0.29, 0.717) is 11.1 Å². The van der Waals surface area contributed by atoms with Gasteiger partial charge in [-0.2, -0.15) is 0 Å². The highest BCUT2D eigenvalue weighted by molar-refractivity contribution is 5.90. The minimum atomic E-state index is -1.09. The van der Waals surface area contributed by atoms with E-state index in [-0.39, 0.29) is 18.6 Å². The lowest BCUT2D eigenvalue weighted by Gasteiger charge is -2.15. The van der Waals surface area contributed by atoms with E-state index in [1.165, 1.54) is 0 Å². The van der Waals surface area contributed by atoms with Crippen molar-refractivity contribution < 1.29 is 24.6 Å². The van der Waals surface area contributed by atoms with Gasteiger partial charge in [0.2, 0.25) is 0 Å². The number of carbonyl (C=O) groups excluding carboxylic acids is 1. The van der Waals surface area contributed by atoms with Crippen molar-refractivity contribution in [1.82, 2.24) is 0 Å². The number of hydrogen-bond donors (Lipinski definition) is 2. The second kappa shape index (κ2) is 8.43. The maximum atomic E-state index is 12.4. The first-order valence-corrected chi connectivity index (χ1v) is 8.38. The van der Waals surface area contributed by atoms with Gasteiger partial charge in [0.05, 0.1) is 11.8 Å². The Morgan fingerprint density at radius 2 is 1.00 bits per heavy atom. The number of carbonyl (C=O) groups is 3. The van der Waals surface area contributed by atoms with Crippen LogP contribution in [0.4, 0.5) is 0 Å². The van der Waals surface area contributed by atoms with Gasteiger partial charge < -0.3 is 10.2 Å². The Bertz CT molecular complexity index is 723. The standard InChI is InChI=1S/C21H22O5/c1-13-3-7-15(8-4-13)18(20(23)24)11-17(22)12-19(21(25)26)16-9-5-14(2)6-10-16/h3-10,18-19H,11-12H2,1-2H3,(H,23,24)(H,25,26). The molecule has 0 aromatic heterocycles. The number of rotatable bonds is 8. The van der Waals surface area contributed by atoms with Crippen LogP contribution < -0.4 is 0 Å². The predicted octanol–water partition coefficient (Wildman–Crippen LogP) is 3.69. The number of carboxylic acids is 2. The zero-order valence-electron chi connectivity index (χ0n) is 14.8. The summed E-state index contributed by atoms with van der Waals surface area (Å²) in [6.07, 6.45) is -0.456. The molecule has 0 amide bonds. The first-order valence-electron chi connectivity index (χ1n) is 8.38. The average Bonchev–Trinajstić information content (AvgIpc) is 2.59. The van der Waals surface area contributed by atoms with E-state index >= 15 is 0 Å². The summed E-state index contributed by atoms with van der Waals surface area (Å²) in [5, 5.41) is 18.9. The highest BCUT2D eigenvalue weighted by Crippen LogP contribution is 2.26. The molecule has 2 atom stereocenters. The van der Waals surface area contributed by atoms with Crippen LogP contribution in [-0.4, -0.2) is 27.9 Å². The van der Waals surface area contributed by atoms with Crippen molar-refractivity contribution in [3.8, 4) is 0 Å². The molecule has 2 aromatic carbocycles. The summed E-state index contributed by atoms with van der Waals surface area (Å²) in [6, 6.07) is 13.9. The third-order valence-electron chi connectivity index (χ3n) is 4.42. The number of aryl methyl sites for hydroxylation is 2. The molecule has 0 aliphatic rings. The number of hydrogen-bond acceptors (Lipinski definition) is 3. The Balaban J connectivity index is 2.15. The van der Waals surface area contributed by atoms with E-state index in [1.54, 1.807) is 48.5 Å². The molecule has 0 saturated carbocycles. The van der Waals surface area contributed by atoms with Gasteiger partial charge in [-0.1, -0.05) is 59.7 Å². The van der Waals surface area contributed by atoms with Crippen LogP contribution in [0.25, 0.3) is 0 Å². The molecule has 0 aliphatic heterocycles. The lowest BCUT2D eigenvalue weighted by atomic mass is 9.87. The maximum absolute atomic E-state index is 12.4. The molecular formula is C21H22O5. The SMILES string of the molecule is Cc1ccc(C(CC(=O)CC(C(=O)O)c2ccc(C)cc2)C(=O)O)cc1. The molecule has 0 saturated heterocycles. The molecule has 2 rings (SSSR count). The first-order chi connectivity index (χ1) is 12.3. The van der Waals surface area contributed by atoms with Crippen molar-refractivity contribution in [3.05, 3.63) is 70.8 Å². The molecule has 5 heteroatoms. The fourth-order valence-electron chi connectivity index (χ4n) is 2.83. The Hall–Kier alpha value is -2.95. The highest BCUT2D eigenvalue weighted by atomic mass is 16.4. The van der Waals surface area contributed by atoms with Crippen molar-refractivity contribution in [3.63, 3.8) is 0 Å². The van der Waals surface area contributed by atoms with Gasteiger partial charge in [0.1, 0.15) is 5.78 Å². The molecule has 0 heterocycles. The van der Waals surface area contributed by atoms with Crippen molar-refractivity contribution in [2.45, 2.75) is 38.5 Å². The van der Waals surface area contributed by atoms with Gasteiger partial charge in [-0.15, -0.1) is 0 Å². The summed E-state index contributed by atoms with van der Waals surface area (Å²) < 4.78 is 0. The minimum Gasteiger partial charge on any atom is -0.481 e. The zero-order valence-corrected chi connectivity index (χ0v) is 14.8. The van der Waals surface area contributed by atoms with E-state index in [0.717, 1.165) is 11.1 Å². The predicted molar refractivity (Wildman–Crippen MR) is 97.4 cm³/mol. The van der Waals surface area contributed by atoms with Crippen LogP contribution in [0, 0.1) is 13.8 Å². The van der Waals surface area contributed by atoms with E-state index in [1.807, 2.05) is 13.8 Å². The van der Waals surface area contributed by atoms with Crippen LogP contribution in [0.15, 0.2) is 48.5 Å². The number of ketones is 1. The third kappa shape index (κ3) is 5.02. The molecule has 0 bridgehead atoms. The summed E-state index contributed by atoms with van der Waals surface area (Å²) in [5.41, 5.74) is 3.07. The smallest absolute Gasteiger partial charge is 0.311 e. The summed E-state index contributed by atoms with van der Waals surface area (Å²) in [7, 11) is 0.